The summed E-state index contributed by atoms with van der Waals surface area (Å²) in [6.45, 7) is 6.44. The van der Waals surface area contributed by atoms with Crippen LogP contribution in [0.4, 0.5) is 0 Å². The molecule has 1 aromatic rings. The normalized spacial score (nSPS) is 25.3. The molecule has 0 aromatic carbocycles. The maximum Gasteiger partial charge on any atom is 0.246 e. The van der Waals surface area contributed by atoms with E-state index in [0.29, 0.717) is 11.8 Å². The summed E-state index contributed by atoms with van der Waals surface area (Å²) in [6.07, 6.45) is 6.60. The molecular weight excluding hydrogens is 226 g/mol. The van der Waals surface area contributed by atoms with Crippen molar-refractivity contribution in [2.75, 3.05) is 0 Å². The fourth-order valence-electron chi connectivity index (χ4n) is 2.82. The van der Waals surface area contributed by atoms with Gasteiger partial charge in [0.05, 0.1) is 5.54 Å². The van der Waals surface area contributed by atoms with Gasteiger partial charge in [0.25, 0.3) is 0 Å². The van der Waals surface area contributed by atoms with Gasteiger partial charge in [-0.1, -0.05) is 38.8 Å². The van der Waals surface area contributed by atoms with Gasteiger partial charge < -0.3 is 10.3 Å². The van der Waals surface area contributed by atoms with Crippen LogP contribution in [0.2, 0.25) is 0 Å². The van der Waals surface area contributed by atoms with Gasteiger partial charge in [0.1, 0.15) is 0 Å². The Balaban J connectivity index is 2.14. The second-order valence-corrected chi connectivity index (χ2v) is 5.79. The molecule has 1 aliphatic rings. The van der Waals surface area contributed by atoms with E-state index in [1.165, 1.54) is 25.7 Å². The molecular formula is C14H25N3O. The molecule has 1 fully saturated rings. The van der Waals surface area contributed by atoms with Gasteiger partial charge in [-0.3, -0.25) is 0 Å². The Kier molecular flexibility index (Phi) is 4.05. The molecule has 1 saturated carbocycles. The van der Waals surface area contributed by atoms with E-state index < -0.39 is 5.54 Å². The van der Waals surface area contributed by atoms with Gasteiger partial charge in [0.2, 0.25) is 5.89 Å². The lowest BCUT2D eigenvalue weighted by molar-refractivity contribution is 0.264. The molecule has 2 atom stereocenters. The predicted molar refractivity (Wildman–Crippen MR) is 71.1 cm³/mol. The van der Waals surface area contributed by atoms with Crippen molar-refractivity contribution in [1.29, 1.82) is 0 Å². The van der Waals surface area contributed by atoms with E-state index >= 15 is 0 Å². The topological polar surface area (TPSA) is 64.9 Å². The lowest BCUT2D eigenvalue weighted by Gasteiger charge is -2.24. The van der Waals surface area contributed by atoms with Crippen molar-refractivity contribution < 1.29 is 4.52 Å². The second kappa shape index (κ2) is 5.39. The van der Waals surface area contributed by atoms with Gasteiger partial charge in [-0.05, 0) is 31.6 Å². The number of nitrogens with two attached hydrogens (primary N) is 1. The maximum absolute atomic E-state index is 6.29. The molecule has 1 heterocycles. The van der Waals surface area contributed by atoms with Gasteiger partial charge in [0.15, 0.2) is 5.82 Å². The molecule has 1 aliphatic carbocycles. The molecule has 0 aliphatic heterocycles. The van der Waals surface area contributed by atoms with Crippen LogP contribution in [0.1, 0.15) is 76.9 Å². The third kappa shape index (κ3) is 2.58. The van der Waals surface area contributed by atoms with E-state index in [2.05, 4.69) is 30.9 Å². The van der Waals surface area contributed by atoms with Crippen LogP contribution in [0.3, 0.4) is 0 Å². The Morgan fingerprint density at radius 3 is 2.67 bits per heavy atom. The first-order valence-corrected chi connectivity index (χ1v) is 7.22. The van der Waals surface area contributed by atoms with Gasteiger partial charge in [-0.2, -0.15) is 4.98 Å². The lowest BCUT2D eigenvalue weighted by atomic mass is 9.82. The number of rotatable bonds is 4. The van der Waals surface area contributed by atoms with Crippen molar-refractivity contribution in [3.8, 4) is 0 Å². The van der Waals surface area contributed by atoms with Crippen molar-refractivity contribution in [1.82, 2.24) is 10.1 Å². The molecule has 2 rings (SSSR count). The minimum absolute atomic E-state index is 0.453. The van der Waals surface area contributed by atoms with Crippen LogP contribution in [0, 0.1) is 5.92 Å². The number of hydrogen-bond acceptors (Lipinski definition) is 4. The summed E-state index contributed by atoms with van der Waals surface area (Å²) in [7, 11) is 0. The Morgan fingerprint density at radius 1 is 1.33 bits per heavy atom. The van der Waals surface area contributed by atoms with Gasteiger partial charge in [-0.25, -0.2) is 0 Å². The van der Waals surface area contributed by atoms with E-state index in [1.54, 1.807) is 0 Å². The van der Waals surface area contributed by atoms with Crippen molar-refractivity contribution in [2.45, 2.75) is 70.8 Å². The van der Waals surface area contributed by atoms with E-state index in [9.17, 15) is 0 Å². The van der Waals surface area contributed by atoms with Gasteiger partial charge in [0, 0.05) is 5.92 Å². The first-order valence-electron chi connectivity index (χ1n) is 7.22. The molecule has 0 radical (unpaired) electrons. The van der Waals surface area contributed by atoms with Crippen LogP contribution in [0.15, 0.2) is 4.52 Å². The number of aromatic nitrogens is 2. The Morgan fingerprint density at radius 2 is 2.06 bits per heavy atom. The average Bonchev–Trinajstić information content (AvgIpc) is 2.88. The van der Waals surface area contributed by atoms with Crippen LogP contribution >= 0.6 is 0 Å². The van der Waals surface area contributed by atoms with Crippen LogP contribution in [-0.4, -0.2) is 10.1 Å². The van der Waals surface area contributed by atoms with Crippen molar-refractivity contribution in [3.05, 3.63) is 11.7 Å². The first-order chi connectivity index (χ1) is 8.59. The quantitative estimate of drug-likeness (QED) is 0.891. The van der Waals surface area contributed by atoms with Crippen molar-refractivity contribution in [3.63, 3.8) is 0 Å². The second-order valence-electron chi connectivity index (χ2n) is 5.79. The van der Waals surface area contributed by atoms with Gasteiger partial charge >= 0.3 is 0 Å². The highest BCUT2D eigenvalue weighted by molar-refractivity contribution is 5.05. The monoisotopic (exact) mass is 251 g/mol. The zero-order valence-corrected chi connectivity index (χ0v) is 11.8. The summed E-state index contributed by atoms with van der Waals surface area (Å²) >= 11 is 0. The minimum atomic E-state index is -0.453. The highest BCUT2D eigenvalue weighted by Gasteiger charge is 2.32. The summed E-state index contributed by atoms with van der Waals surface area (Å²) in [4.78, 5) is 4.58. The third-order valence-electron chi connectivity index (χ3n) is 4.43. The molecule has 4 heteroatoms. The molecule has 0 spiro atoms. The fourth-order valence-corrected chi connectivity index (χ4v) is 2.82. The van der Waals surface area contributed by atoms with Gasteiger partial charge in [-0.15, -0.1) is 0 Å². The van der Waals surface area contributed by atoms with Crippen LogP contribution in [0.25, 0.3) is 0 Å². The van der Waals surface area contributed by atoms with E-state index in [0.717, 1.165) is 24.6 Å². The molecule has 0 saturated heterocycles. The smallest absolute Gasteiger partial charge is 0.246 e. The minimum Gasteiger partial charge on any atom is -0.337 e. The Labute approximate surface area is 109 Å². The van der Waals surface area contributed by atoms with E-state index in [1.807, 2.05) is 0 Å². The highest BCUT2D eigenvalue weighted by atomic mass is 16.5. The molecule has 0 amide bonds. The molecule has 2 unspecified atom stereocenters. The maximum atomic E-state index is 6.29. The molecule has 0 bridgehead atoms. The van der Waals surface area contributed by atoms with Crippen LogP contribution < -0.4 is 5.73 Å². The van der Waals surface area contributed by atoms with E-state index in [4.69, 9.17) is 10.3 Å². The zero-order chi connectivity index (χ0) is 13.2. The number of nitrogens with zero attached hydrogens (tertiary/aromatic N) is 2. The molecule has 4 nitrogen and oxygen atoms in total. The molecule has 102 valence electrons. The zero-order valence-electron chi connectivity index (χ0n) is 11.8. The molecule has 2 N–H and O–H groups in total. The Hall–Kier alpha value is -0.900. The highest BCUT2D eigenvalue weighted by Crippen LogP contribution is 2.35. The van der Waals surface area contributed by atoms with Crippen molar-refractivity contribution >= 4 is 0 Å². The molecule has 1 aromatic heterocycles. The SMILES string of the molecule is CCC(N)(CC)c1nc(C2CCCC(C)C2)no1. The van der Waals surface area contributed by atoms with Crippen LogP contribution in [-0.2, 0) is 5.54 Å². The summed E-state index contributed by atoms with van der Waals surface area (Å²) in [5.74, 6) is 2.71. The standard InChI is InChI=1S/C14H25N3O/c1-4-14(15,5-2)13-16-12(17-18-13)11-8-6-7-10(3)9-11/h10-11H,4-9,15H2,1-3H3. The third-order valence-corrected chi connectivity index (χ3v) is 4.43. The van der Waals surface area contributed by atoms with Crippen LogP contribution in [0.5, 0.6) is 0 Å². The predicted octanol–water partition coefficient (Wildman–Crippen LogP) is 3.34. The first kappa shape index (κ1) is 13.5. The summed E-state index contributed by atoms with van der Waals surface area (Å²) in [5.41, 5.74) is 5.84. The van der Waals surface area contributed by atoms with E-state index in [-0.39, 0.29) is 0 Å². The largest absolute Gasteiger partial charge is 0.337 e. The summed E-state index contributed by atoms with van der Waals surface area (Å²) < 4.78 is 5.41. The number of hydrogen-bond donors (Lipinski definition) is 1. The van der Waals surface area contributed by atoms with Crippen molar-refractivity contribution in [2.24, 2.45) is 11.7 Å². The molecule has 18 heavy (non-hydrogen) atoms. The summed E-state index contributed by atoms with van der Waals surface area (Å²) in [5, 5.41) is 4.17. The fraction of sp³-hybridized carbons (Fsp3) is 0.857. The summed E-state index contributed by atoms with van der Waals surface area (Å²) in [6, 6.07) is 0. The Bertz CT molecular complexity index is 384. The average molecular weight is 251 g/mol. The lowest BCUT2D eigenvalue weighted by Crippen LogP contribution is -2.35.